The van der Waals surface area contributed by atoms with E-state index in [4.69, 9.17) is 11.6 Å². The molecule has 0 saturated heterocycles. The fraction of sp³-hybridized carbons (Fsp3) is 1.00. The number of halogens is 1. The van der Waals surface area contributed by atoms with Crippen molar-refractivity contribution >= 4 is 21.4 Å². The Morgan fingerprint density at radius 2 is 2.07 bits per heavy atom. The molecule has 0 bridgehead atoms. The van der Waals surface area contributed by atoms with Gasteiger partial charge < -0.3 is 5.32 Å². The first-order valence-electron chi connectivity index (χ1n) is 5.01. The first-order chi connectivity index (χ1) is 6.52. The van der Waals surface area contributed by atoms with Gasteiger partial charge in [-0.2, -0.15) is 0 Å². The number of hydrogen-bond acceptors (Lipinski definition) is 3. The lowest BCUT2D eigenvalue weighted by Crippen LogP contribution is -2.28. The molecular weight excluding hydrogens is 222 g/mol. The predicted molar refractivity (Wildman–Crippen MR) is 61.7 cm³/mol. The van der Waals surface area contributed by atoms with Crippen molar-refractivity contribution in [2.45, 2.75) is 32.7 Å². The minimum absolute atomic E-state index is 0.240. The number of rotatable bonds is 8. The van der Waals surface area contributed by atoms with Crippen LogP contribution in [0.2, 0.25) is 0 Å². The topological polar surface area (TPSA) is 46.2 Å². The van der Waals surface area contributed by atoms with Gasteiger partial charge in [-0.25, -0.2) is 8.42 Å². The van der Waals surface area contributed by atoms with E-state index < -0.39 is 9.84 Å². The van der Waals surface area contributed by atoms with Crippen LogP contribution in [0.3, 0.4) is 0 Å². The summed E-state index contributed by atoms with van der Waals surface area (Å²) in [5.74, 6) is 1.16. The van der Waals surface area contributed by atoms with Crippen molar-refractivity contribution in [3.05, 3.63) is 0 Å². The zero-order chi connectivity index (χ0) is 11.0. The molecule has 0 aliphatic rings. The van der Waals surface area contributed by atoms with E-state index in [1.165, 1.54) is 0 Å². The highest BCUT2D eigenvalue weighted by atomic mass is 35.5. The molecule has 0 saturated carbocycles. The summed E-state index contributed by atoms with van der Waals surface area (Å²) in [4.78, 5) is 0. The molecule has 14 heavy (non-hydrogen) atoms. The summed E-state index contributed by atoms with van der Waals surface area (Å²) in [5.41, 5.74) is 0. The Balaban J connectivity index is 3.47. The van der Waals surface area contributed by atoms with Gasteiger partial charge in [0.15, 0.2) is 0 Å². The normalized spacial score (nSPS) is 14.2. The fourth-order valence-electron chi connectivity index (χ4n) is 1.05. The van der Waals surface area contributed by atoms with Crippen LogP contribution in [0.4, 0.5) is 0 Å². The van der Waals surface area contributed by atoms with E-state index in [9.17, 15) is 8.42 Å². The third-order valence-corrected chi connectivity index (χ3v) is 4.12. The molecule has 5 heteroatoms. The molecule has 0 aromatic heterocycles. The van der Waals surface area contributed by atoms with Crippen LogP contribution in [0.15, 0.2) is 0 Å². The van der Waals surface area contributed by atoms with Crippen molar-refractivity contribution < 1.29 is 8.42 Å². The van der Waals surface area contributed by atoms with Crippen LogP contribution in [-0.4, -0.2) is 38.4 Å². The largest absolute Gasteiger partial charge is 0.314 e. The summed E-state index contributed by atoms with van der Waals surface area (Å²) in [6.45, 7) is 4.48. The van der Waals surface area contributed by atoms with Crippen LogP contribution in [0.25, 0.3) is 0 Å². The van der Waals surface area contributed by atoms with Crippen LogP contribution in [0, 0.1) is 0 Å². The highest BCUT2D eigenvalue weighted by Gasteiger charge is 2.06. The van der Waals surface area contributed by atoms with Crippen LogP contribution in [0.5, 0.6) is 0 Å². The van der Waals surface area contributed by atoms with Gasteiger partial charge in [0.25, 0.3) is 0 Å². The van der Waals surface area contributed by atoms with Crippen molar-refractivity contribution in [3.63, 3.8) is 0 Å². The molecule has 86 valence electrons. The number of nitrogens with one attached hydrogen (secondary N) is 1. The van der Waals surface area contributed by atoms with Crippen LogP contribution < -0.4 is 5.32 Å². The zero-order valence-corrected chi connectivity index (χ0v) is 10.5. The highest BCUT2D eigenvalue weighted by Crippen LogP contribution is 1.95. The molecule has 0 fully saturated rings. The van der Waals surface area contributed by atoms with Crippen LogP contribution >= 0.6 is 11.6 Å². The second kappa shape index (κ2) is 7.49. The fourth-order valence-corrected chi connectivity index (χ4v) is 2.25. The molecule has 1 unspecified atom stereocenters. The predicted octanol–water partition coefficient (Wildman–Crippen LogP) is 1.42. The zero-order valence-electron chi connectivity index (χ0n) is 8.92. The van der Waals surface area contributed by atoms with Gasteiger partial charge in [-0.15, -0.1) is 11.6 Å². The van der Waals surface area contributed by atoms with E-state index in [1.54, 1.807) is 6.92 Å². The second-order valence-electron chi connectivity index (χ2n) is 3.42. The quantitative estimate of drug-likeness (QED) is 0.517. The Hall–Kier alpha value is 0.200. The van der Waals surface area contributed by atoms with Crippen LogP contribution in [0.1, 0.15) is 26.7 Å². The Labute approximate surface area is 92.1 Å². The van der Waals surface area contributed by atoms with E-state index in [1.807, 2.05) is 0 Å². The minimum Gasteiger partial charge on any atom is -0.314 e. The lowest BCUT2D eigenvalue weighted by atomic mass is 10.2. The molecule has 3 nitrogen and oxygen atoms in total. The maximum Gasteiger partial charge on any atom is 0.150 e. The summed E-state index contributed by atoms with van der Waals surface area (Å²) < 4.78 is 22.2. The van der Waals surface area contributed by atoms with Gasteiger partial charge in [0.2, 0.25) is 0 Å². The van der Waals surface area contributed by atoms with E-state index in [0.29, 0.717) is 18.3 Å². The lowest BCUT2D eigenvalue weighted by Gasteiger charge is -2.11. The number of hydrogen-bond donors (Lipinski definition) is 1. The molecule has 0 heterocycles. The smallest absolute Gasteiger partial charge is 0.150 e. The Morgan fingerprint density at radius 1 is 1.43 bits per heavy atom. The SMILES string of the molecule is CCS(=O)(=O)CCCNC(C)CCCl. The van der Waals surface area contributed by atoms with E-state index >= 15 is 0 Å². The summed E-state index contributed by atoms with van der Waals surface area (Å²) in [6.07, 6.45) is 1.60. The molecule has 1 atom stereocenters. The third-order valence-electron chi connectivity index (χ3n) is 2.11. The summed E-state index contributed by atoms with van der Waals surface area (Å²) in [7, 11) is -2.80. The van der Waals surface area contributed by atoms with E-state index in [0.717, 1.165) is 13.0 Å². The minimum atomic E-state index is -2.80. The number of sulfone groups is 1. The average molecular weight is 242 g/mol. The second-order valence-corrected chi connectivity index (χ2v) is 6.27. The maximum absolute atomic E-state index is 11.1. The molecule has 0 radical (unpaired) electrons. The molecule has 0 aromatic rings. The summed E-state index contributed by atoms with van der Waals surface area (Å²) >= 11 is 5.57. The molecule has 0 spiro atoms. The van der Waals surface area contributed by atoms with Crippen molar-refractivity contribution in [2.75, 3.05) is 23.9 Å². The van der Waals surface area contributed by atoms with Gasteiger partial charge >= 0.3 is 0 Å². The number of alkyl halides is 1. The average Bonchev–Trinajstić information content (AvgIpc) is 2.13. The maximum atomic E-state index is 11.1. The van der Waals surface area contributed by atoms with Crippen molar-refractivity contribution in [1.82, 2.24) is 5.32 Å². The van der Waals surface area contributed by atoms with Crippen molar-refractivity contribution in [3.8, 4) is 0 Å². The van der Waals surface area contributed by atoms with E-state index in [-0.39, 0.29) is 11.5 Å². The third kappa shape index (κ3) is 7.59. The highest BCUT2D eigenvalue weighted by molar-refractivity contribution is 7.91. The van der Waals surface area contributed by atoms with Gasteiger partial charge in [0, 0.05) is 17.7 Å². The molecule has 1 N–H and O–H groups in total. The van der Waals surface area contributed by atoms with Gasteiger partial charge in [0.05, 0.1) is 5.75 Å². The van der Waals surface area contributed by atoms with Gasteiger partial charge in [-0.1, -0.05) is 6.92 Å². The van der Waals surface area contributed by atoms with Gasteiger partial charge in [-0.3, -0.25) is 0 Å². The Morgan fingerprint density at radius 3 is 2.57 bits per heavy atom. The summed E-state index contributed by atoms with van der Waals surface area (Å²) in [5, 5.41) is 3.23. The lowest BCUT2D eigenvalue weighted by molar-refractivity contribution is 0.531. The van der Waals surface area contributed by atoms with Crippen LogP contribution in [-0.2, 0) is 9.84 Å². The molecule has 0 aromatic carbocycles. The molecule has 0 amide bonds. The summed E-state index contributed by atoms with van der Waals surface area (Å²) in [6, 6.07) is 0.372. The van der Waals surface area contributed by atoms with Crippen molar-refractivity contribution in [2.24, 2.45) is 0 Å². The van der Waals surface area contributed by atoms with Crippen molar-refractivity contribution in [1.29, 1.82) is 0 Å². The van der Waals surface area contributed by atoms with Gasteiger partial charge in [-0.05, 0) is 26.3 Å². The standard InChI is InChI=1S/C9H20ClNO2S/c1-3-14(12,13)8-4-7-11-9(2)5-6-10/h9,11H,3-8H2,1-2H3. The van der Waals surface area contributed by atoms with Gasteiger partial charge in [0.1, 0.15) is 9.84 Å². The first-order valence-corrected chi connectivity index (χ1v) is 7.37. The molecule has 0 aliphatic carbocycles. The molecular formula is C9H20ClNO2S. The molecule has 0 aliphatic heterocycles. The molecule has 0 rings (SSSR count). The van der Waals surface area contributed by atoms with E-state index in [2.05, 4.69) is 12.2 Å². The monoisotopic (exact) mass is 241 g/mol. The Kier molecular flexibility index (Phi) is 7.59. The Bertz CT molecular complexity index is 229. The first kappa shape index (κ1) is 14.2.